The second-order valence-corrected chi connectivity index (χ2v) is 8.00. The molecule has 0 unspecified atom stereocenters. The fourth-order valence-electron chi connectivity index (χ4n) is 3.76. The number of halogens is 2. The monoisotopic (exact) mass is 468 g/mol. The Labute approximate surface area is 195 Å². The van der Waals surface area contributed by atoms with Gasteiger partial charge in [0.1, 0.15) is 17.5 Å². The minimum atomic E-state index is -0.665. The molecule has 6 N–H and O–H groups in total. The van der Waals surface area contributed by atoms with Gasteiger partial charge >= 0.3 is 0 Å². The van der Waals surface area contributed by atoms with Crippen molar-refractivity contribution >= 4 is 34.5 Å². The first-order chi connectivity index (χ1) is 16.4. The normalized spacial score (nSPS) is 13.5. The summed E-state index contributed by atoms with van der Waals surface area (Å²) in [6, 6.07) is 10.7. The zero-order valence-electron chi connectivity index (χ0n) is 18.5. The number of nitrogen functional groups attached to an aromatic ring is 1. The van der Waals surface area contributed by atoms with Crippen LogP contribution in [0.2, 0.25) is 0 Å². The number of carbonyl (C=O) groups is 1. The Morgan fingerprint density at radius 3 is 2.50 bits per heavy atom. The maximum absolute atomic E-state index is 13.5. The van der Waals surface area contributed by atoms with Gasteiger partial charge in [0.05, 0.1) is 31.0 Å². The highest BCUT2D eigenvalue weighted by atomic mass is 19.1. The zero-order chi connectivity index (χ0) is 24.1. The van der Waals surface area contributed by atoms with E-state index in [9.17, 15) is 13.6 Å². The summed E-state index contributed by atoms with van der Waals surface area (Å²) in [6.07, 6.45) is 1.49. The van der Waals surface area contributed by atoms with E-state index in [0.29, 0.717) is 47.2 Å². The van der Waals surface area contributed by atoms with Crippen LogP contribution in [-0.4, -0.2) is 37.2 Å². The van der Waals surface area contributed by atoms with E-state index in [1.165, 1.54) is 18.3 Å². The number of aromatic nitrogens is 1. The number of primary amides is 1. The van der Waals surface area contributed by atoms with Crippen LogP contribution in [0.25, 0.3) is 0 Å². The molecule has 1 fully saturated rings. The summed E-state index contributed by atoms with van der Waals surface area (Å²) in [6.45, 7) is 3.05. The summed E-state index contributed by atoms with van der Waals surface area (Å²) in [7, 11) is 0. The number of nitrogens with two attached hydrogens (primary N) is 2. The van der Waals surface area contributed by atoms with Gasteiger partial charge in [-0.05, 0) is 35.9 Å². The van der Waals surface area contributed by atoms with Gasteiger partial charge < -0.3 is 31.7 Å². The van der Waals surface area contributed by atoms with Crippen molar-refractivity contribution in [1.82, 2.24) is 4.98 Å². The van der Waals surface area contributed by atoms with E-state index in [2.05, 4.69) is 20.5 Å². The van der Waals surface area contributed by atoms with Gasteiger partial charge in [-0.15, -0.1) is 0 Å². The Hall–Kier alpha value is -3.92. The SMILES string of the molecule is NC(=O)Cc1cnc(Nc2cc(N3CCOCC3)ccc2N)cc1NCc1cc(F)cc(F)c1. The van der Waals surface area contributed by atoms with Gasteiger partial charge in [0.2, 0.25) is 5.91 Å². The van der Waals surface area contributed by atoms with Gasteiger partial charge in [0.15, 0.2) is 0 Å². The number of ether oxygens (including phenoxy) is 1. The molecule has 1 aliphatic heterocycles. The van der Waals surface area contributed by atoms with Crippen LogP contribution in [0.1, 0.15) is 11.1 Å². The Balaban J connectivity index is 1.57. The van der Waals surface area contributed by atoms with Crippen molar-refractivity contribution < 1.29 is 18.3 Å². The molecule has 4 rings (SSSR count). The fourth-order valence-corrected chi connectivity index (χ4v) is 3.76. The molecular weight excluding hydrogens is 442 g/mol. The first kappa shape index (κ1) is 23.2. The van der Waals surface area contributed by atoms with E-state index >= 15 is 0 Å². The summed E-state index contributed by atoms with van der Waals surface area (Å²) in [5, 5.41) is 6.34. The van der Waals surface area contributed by atoms with Crippen molar-refractivity contribution in [2.45, 2.75) is 13.0 Å². The third-order valence-electron chi connectivity index (χ3n) is 5.43. The lowest BCUT2D eigenvalue weighted by molar-refractivity contribution is -0.117. The van der Waals surface area contributed by atoms with Gasteiger partial charge in [0, 0.05) is 54.9 Å². The van der Waals surface area contributed by atoms with Crippen molar-refractivity contribution in [3.63, 3.8) is 0 Å². The first-order valence-electron chi connectivity index (χ1n) is 10.8. The number of nitrogens with zero attached hydrogens (tertiary/aromatic N) is 2. The number of anilines is 5. The van der Waals surface area contributed by atoms with E-state index in [4.69, 9.17) is 16.2 Å². The molecule has 1 aliphatic rings. The average Bonchev–Trinajstić information content (AvgIpc) is 2.80. The van der Waals surface area contributed by atoms with Gasteiger partial charge in [-0.1, -0.05) is 0 Å². The van der Waals surface area contributed by atoms with Crippen LogP contribution in [0, 0.1) is 11.6 Å². The molecule has 1 saturated heterocycles. The highest BCUT2D eigenvalue weighted by molar-refractivity contribution is 5.80. The second kappa shape index (κ2) is 10.3. The minimum absolute atomic E-state index is 0.0399. The molecule has 2 heterocycles. The van der Waals surface area contributed by atoms with Gasteiger partial charge in [-0.2, -0.15) is 0 Å². The van der Waals surface area contributed by atoms with Crippen molar-refractivity contribution in [2.24, 2.45) is 5.73 Å². The molecule has 0 aliphatic carbocycles. The average molecular weight is 469 g/mol. The van der Waals surface area contributed by atoms with Crippen LogP contribution in [0.15, 0.2) is 48.7 Å². The van der Waals surface area contributed by atoms with E-state index in [1.54, 1.807) is 6.07 Å². The molecule has 0 radical (unpaired) electrons. The molecule has 3 aromatic rings. The molecule has 2 aromatic carbocycles. The Kier molecular flexibility index (Phi) is 7.07. The number of benzene rings is 2. The van der Waals surface area contributed by atoms with E-state index in [0.717, 1.165) is 24.8 Å². The number of rotatable bonds is 8. The van der Waals surface area contributed by atoms with Crippen LogP contribution in [0.3, 0.4) is 0 Å². The Morgan fingerprint density at radius 2 is 1.79 bits per heavy atom. The predicted octanol–water partition coefficient (Wildman–Crippen LogP) is 3.16. The third-order valence-corrected chi connectivity index (χ3v) is 5.43. The molecule has 10 heteroatoms. The summed E-state index contributed by atoms with van der Waals surface area (Å²) in [5.74, 6) is -1.37. The van der Waals surface area contributed by atoms with Crippen molar-refractivity contribution in [2.75, 3.05) is 47.6 Å². The van der Waals surface area contributed by atoms with Crippen molar-refractivity contribution in [1.29, 1.82) is 0 Å². The molecule has 34 heavy (non-hydrogen) atoms. The number of nitrogens with one attached hydrogen (secondary N) is 2. The summed E-state index contributed by atoms with van der Waals surface area (Å²) < 4.78 is 32.5. The van der Waals surface area contributed by atoms with Crippen molar-refractivity contribution in [3.05, 3.63) is 71.4 Å². The quantitative estimate of drug-likeness (QED) is 0.375. The number of amides is 1. The largest absolute Gasteiger partial charge is 0.397 e. The fraction of sp³-hybridized carbons (Fsp3) is 0.250. The minimum Gasteiger partial charge on any atom is -0.397 e. The molecule has 0 saturated carbocycles. The van der Waals surface area contributed by atoms with Gasteiger partial charge in [-0.3, -0.25) is 4.79 Å². The lowest BCUT2D eigenvalue weighted by Gasteiger charge is -2.29. The maximum Gasteiger partial charge on any atom is 0.221 e. The number of hydrogen-bond donors (Lipinski definition) is 4. The topological polar surface area (TPSA) is 119 Å². The molecule has 0 spiro atoms. The molecule has 0 bridgehead atoms. The van der Waals surface area contributed by atoms with Crippen LogP contribution in [0.5, 0.6) is 0 Å². The smallest absolute Gasteiger partial charge is 0.221 e. The van der Waals surface area contributed by atoms with Crippen molar-refractivity contribution in [3.8, 4) is 0 Å². The molecule has 178 valence electrons. The standard InChI is InChI=1S/C24H26F2N6O2/c25-17-7-15(8-18(26)10-17)13-29-21-12-24(30-14-16(21)9-23(28)33)31-22-11-19(1-2-20(22)27)32-3-5-34-6-4-32/h1-2,7-8,10-12,14H,3-6,9,13,27H2,(H2,28,33)(H2,29,30,31). The van der Waals surface area contributed by atoms with Gasteiger partial charge in [-0.25, -0.2) is 13.8 Å². The van der Waals surface area contributed by atoms with Crippen LogP contribution in [-0.2, 0) is 22.5 Å². The first-order valence-corrected chi connectivity index (χ1v) is 10.8. The second-order valence-electron chi connectivity index (χ2n) is 8.00. The number of morpholine rings is 1. The lowest BCUT2D eigenvalue weighted by Crippen LogP contribution is -2.36. The van der Waals surface area contributed by atoms with E-state index in [-0.39, 0.29) is 13.0 Å². The van der Waals surface area contributed by atoms with Gasteiger partial charge in [0.25, 0.3) is 0 Å². The maximum atomic E-state index is 13.5. The lowest BCUT2D eigenvalue weighted by atomic mass is 10.1. The Morgan fingerprint density at radius 1 is 1.06 bits per heavy atom. The highest BCUT2D eigenvalue weighted by Gasteiger charge is 2.14. The molecule has 0 atom stereocenters. The highest BCUT2D eigenvalue weighted by Crippen LogP contribution is 2.30. The summed E-state index contributed by atoms with van der Waals surface area (Å²) in [4.78, 5) is 18.1. The number of carbonyl (C=O) groups excluding carboxylic acids is 1. The van der Waals surface area contributed by atoms with E-state index < -0.39 is 17.5 Å². The number of hydrogen-bond acceptors (Lipinski definition) is 7. The zero-order valence-corrected chi connectivity index (χ0v) is 18.5. The number of pyridine rings is 1. The third kappa shape index (κ3) is 5.90. The predicted molar refractivity (Wildman–Crippen MR) is 128 cm³/mol. The van der Waals surface area contributed by atoms with E-state index in [1.807, 2.05) is 18.2 Å². The Bertz CT molecular complexity index is 1160. The summed E-state index contributed by atoms with van der Waals surface area (Å²) in [5.41, 5.74) is 15.3. The van der Waals surface area contributed by atoms with Crippen LogP contribution in [0.4, 0.5) is 37.3 Å². The van der Waals surface area contributed by atoms with Crippen LogP contribution < -0.4 is 27.0 Å². The molecular formula is C24H26F2N6O2. The van der Waals surface area contributed by atoms with Crippen LogP contribution >= 0.6 is 0 Å². The molecule has 1 aromatic heterocycles. The molecule has 8 nitrogen and oxygen atoms in total. The molecule has 1 amide bonds. The summed E-state index contributed by atoms with van der Waals surface area (Å²) >= 11 is 0.